The molecule has 2 rings (SSSR count). The van der Waals surface area contributed by atoms with Gasteiger partial charge in [-0.1, -0.05) is 37.3 Å². The fraction of sp³-hybridized carbons (Fsp3) is 0.286. The van der Waals surface area contributed by atoms with Gasteiger partial charge in [0.2, 0.25) is 0 Å². The SMILES string of the molecule is CCCN(Cc1ccccc1)c1ncncc1I. The van der Waals surface area contributed by atoms with E-state index in [1.807, 2.05) is 12.3 Å². The van der Waals surface area contributed by atoms with Crippen LogP contribution in [0.15, 0.2) is 42.9 Å². The van der Waals surface area contributed by atoms with Gasteiger partial charge in [-0.3, -0.25) is 0 Å². The number of aromatic nitrogens is 2. The molecule has 18 heavy (non-hydrogen) atoms. The molecule has 1 aromatic carbocycles. The molecule has 2 aromatic rings. The van der Waals surface area contributed by atoms with Gasteiger partial charge in [0.15, 0.2) is 0 Å². The van der Waals surface area contributed by atoms with Gasteiger partial charge in [0.1, 0.15) is 12.1 Å². The zero-order chi connectivity index (χ0) is 12.8. The summed E-state index contributed by atoms with van der Waals surface area (Å²) in [6, 6.07) is 10.5. The van der Waals surface area contributed by atoms with Crippen molar-refractivity contribution in [3.8, 4) is 0 Å². The monoisotopic (exact) mass is 353 g/mol. The lowest BCUT2D eigenvalue weighted by Gasteiger charge is -2.24. The van der Waals surface area contributed by atoms with Crippen LogP contribution in [0.4, 0.5) is 5.82 Å². The van der Waals surface area contributed by atoms with Crippen molar-refractivity contribution in [1.29, 1.82) is 0 Å². The summed E-state index contributed by atoms with van der Waals surface area (Å²) in [6.07, 6.45) is 4.58. The molecule has 0 saturated heterocycles. The van der Waals surface area contributed by atoms with E-state index in [1.165, 1.54) is 5.56 Å². The standard InChI is InChI=1S/C14H16IN3/c1-2-8-18(10-12-6-4-3-5-7-12)14-13(15)9-16-11-17-14/h3-7,9,11H,2,8,10H2,1H3. The summed E-state index contributed by atoms with van der Waals surface area (Å²) in [5.74, 6) is 1.02. The van der Waals surface area contributed by atoms with Gasteiger partial charge in [-0.15, -0.1) is 0 Å². The van der Waals surface area contributed by atoms with Gasteiger partial charge in [0, 0.05) is 19.3 Å². The molecule has 0 amide bonds. The number of halogens is 1. The van der Waals surface area contributed by atoms with Crippen LogP contribution < -0.4 is 4.90 Å². The van der Waals surface area contributed by atoms with Crippen molar-refractivity contribution in [2.75, 3.05) is 11.4 Å². The lowest BCUT2D eigenvalue weighted by molar-refractivity contribution is 0.750. The van der Waals surface area contributed by atoms with E-state index in [9.17, 15) is 0 Å². The molecule has 0 bridgehead atoms. The van der Waals surface area contributed by atoms with Crippen LogP contribution in [0.5, 0.6) is 0 Å². The zero-order valence-electron chi connectivity index (χ0n) is 10.4. The Bertz CT molecular complexity index is 487. The van der Waals surface area contributed by atoms with Crippen LogP contribution in [-0.4, -0.2) is 16.5 Å². The van der Waals surface area contributed by atoms with E-state index in [1.54, 1.807) is 6.33 Å². The fourth-order valence-electron chi connectivity index (χ4n) is 1.87. The number of anilines is 1. The maximum atomic E-state index is 4.40. The molecule has 4 heteroatoms. The third-order valence-electron chi connectivity index (χ3n) is 2.66. The molecule has 0 spiro atoms. The first-order valence-electron chi connectivity index (χ1n) is 6.05. The van der Waals surface area contributed by atoms with Crippen LogP contribution in [0.1, 0.15) is 18.9 Å². The highest BCUT2D eigenvalue weighted by Gasteiger charge is 2.11. The van der Waals surface area contributed by atoms with Crippen molar-refractivity contribution in [3.63, 3.8) is 0 Å². The predicted octanol–water partition coefficient (Wildman–Crippen LogP) is 3.50. The highest BCUT2D eigenvalue weighted by molar-refractivity contribution is 14.1. The van der Waals surface area contributed by atoms with Crippen molar-refractivity contribution in [3.05, 3.63) is 52.0 Å². The Morgan fingerprint density at radius 2 is 2.00 bits per heavy atom. The number of benzene rings is 1. The maximum Gasteiger partial charge on any atom is 0.145 e. The molecule has 0 radical (unpaired) electrons. The van der Waals surface area contributed by atoms with Gasteiger partial charge in [0.05, 0.1) is 3.57 Å². The molecule has 3 nitrogen and oxygen atoms in total. The number of hydrogen-bond donors (Lipinski definition) is 0. The van der Waals surface area contributed by atoms with Crippen molar-refractivity contribution in [1.82, 2.24) is 9.97 Å². The Kier molecular flexibility index (Phi) is 4.92. The smallest absolute Gasteiger partial charge is 0.145 e. The topological polar surface area (TPSA) is 29.0 Å². The average molecular weight is 353 g/mol. The summed E-state index contributed by atoms with van der Waals surface area (Å²) in [4.78, 5) is 10.8. The first-order valence-corrected chi connectivity index (χ1v) is 7.13. The molecule has 0 aliphatic carbocycles. The van der Waals surface area contributed by atoms with Gasteiger partial charge < -0.3 is 4.90 Å². The van der Waals surface area contributed by atoms with Crippen LogP contribution in [-0.2, 0) is 6.54 Å². The minimum Gasteiger partial charge on any atom is -0.351 e. The van der Waals surface area contributed by atoms with Gasteiger partial charge in [0.25, 0.3) is 0 Å². The van der Waals surface area contributed by atoms with Crippen LogP contribution in [0.2, 0.25) is 0 Å². The second-order valence-electron chi connectivity index (χ2n) is 4.10. The van der Waals surface area contributed by atoms with Crippen LogP contribution in [0.3, 0.4) is 0 Å². The van der Waals surface area contributed by atoms with E-state index in [2.05, 4.69) is 68.6 Å². The van der Waals surface area contributed by atoms with Crippen molar-refractivity contribution < 1.29 is 0 Å². The van der Waals surface area contributed by atoms with Gasteiger partial charge in [-0.2, -0.15) is 0 Å². The summed E-state index contributed by atoms with van der Waals surface area (Å²) in [5.41, 5.74) is 1.31. The second kappa shape index (κ2) is 6.68. The van der Waals surface area contributed by atoms with Gasteiger partial charge >= 0.3 is 0 Å². The van der Waals surface area contributed by atoms with E-state index >= 15 is 0 Å². The number of rotatable bonds is 5. The highest BCUT2D eigenvalue weighted by Crippen LogP contribution is 2.20. The van der Waals surface area contributed by atoms with E-state index in [0.29, 0.717) is 0 Å². The Balaban J connectivity index is 2.21. The minimum atomic E-state index is 0.891. The average Bonchev–Trinajstić information content (AvgIpc) is 2.40. The summed E-state index contributed by atoms with van der Waals surface area (Å²) in [7, 11) is 0. The largest absolute Gasteiger partial charge is 0.351 e. The highest BCUT2D eigenvalue weighted by atomic mass is 127. The molecule has 0 atom stereocenters. The van der Waals surface area contributed by atoms with E-state index in [-0.39, 0.29) is 0 Å². The Hall–Kier alpha value is -1.17. The Morgan fingerprint density at radius 3 is 2.67 bits per heavy atom. The number of nitrogens with zero attached hydrogens (tertiary/aromatic N) is 3. The first kappa shape index (κ1) is 13.3. The van der Waals surface area contributed by atoms with Gasteiger partial charge in [-0.05, 0) is 34.6 Å². The normalized spacial score (nSPS) is 10.3. The van der Waals surface area contributed by atoms with Gasteiger partial charge in [-0.25, -0.2) is 9.97 Å². The summed E-state index contributed by atoms with van der Waals surface area (Å²) < 4.78 is 1.10. The summed E-state index contributed by atoms with van der Waals surface area (Å²) in [6.45, 7) is 4.08. The van der Waals surface area contributed by atoms with Crippen LogP contribution >= 0.6 is 22.6 Å². The van der Waals surface area contributed by atoms with Crippen molar-refractivity contribution in [2.45, 2.75) is 19.9 Å². The molecular weight excluding hydrogens is 337 g/mol. The maximum absolute atomic E-state index is 4.40. The summed E-state index contributed by atoms with van der Waals surface area (Å²) >= 11 is 2.29. The third-order valence-corrected chi connectivity index (χ3v) is 3.42. The molecule has 0 saturated carbocycles. The van der Waals surface area contributed by atoms with Crippen LogP contribution in [0, 0.1) is 3.57 Å². The summed E-state index contributed by atoms with van der Waals surface area (Å²) in [5, 5.41) is 0. The van der Waals surface area contributed by atoms with E-state index < -0.39 is 0 Å². The molecule has 1 aromatic heterocycles. The Morgan fingerprint density at radius 1 is 1.22 bits per heavy atom. The minimum absolute atomic E-state index is 0.891. The molecule has 94 valence electrons. The third kappa shape index (κ3) is 3.41. The molecule has 0 unspecified atom stereocenters. The van der Waals surface area contributed by atoms with Crippen LogP contribution in [0.25, 0.3) is 0 Å². The zero-order valence-corrected chi connectivity index (χ0v) is 12.5. The lowest BCUT2D eigenvalue weighted by atomic mass is 10.2. The number of hydrogen-bond acceptors (Lipinski definition) is 3. The molecule has 0 aliphatic rings. The van der Waals surface area contributed by atoms with E-state index in [0.717, 1.165) is 28.9 Å². The molecule has 0 N–H and O–H groups in total. The lowest BCUT2D eigenvalue weighted by Crippen LogP contribution is -2.25. The van der Waals surface area contributed by atoms with E-state index in [4.69, 9.17) is 0 Å². The predicted molar refractivity (Wildman–Crippen MR) is 82.5 cm³/mol. The first-order chi connectivity index (χ1) is 8.81. The quantitative estimate of drug-likeness (QED) is 0.771. The fourth-order valence-corrected chi connectivity index (χ4v) is 2.51. The molecular formula is C14H16IN3. The van der Waals surface area contributed by atoms with Crippen molar-refractivity contribution >= 4 is 28.4 Å². The molecule has 0 aliphatic heterocycles. The van der Waals surface area contributed by atoms with Crippen molar-refractivity contribution in [2.24, 2.45) is 0 Å². The Labute approximate surface area is 121 Å². The second-order valence-corrected chi connectivity index (χ2v) is 5.26. The molecule has 1 heterocycles. The molecule has 0 fully saturated rings.